The average Bonchev–Trinajstić information content (AvgIpc) is 3.10. The van der Waals surface area contributed by atoms with E-state index in [0.29, 0.717) is 12.1 Å². The number of nitrogens with zero attached hydrogens (tertiary/aromatic N) is 1. The highest BCUT2D eigenvalue weighted by Gasteiger charge is 2.25. The summed E-state index contributed by atoms with van der Waals surface area (Å²) in [6, 6.07) is 0. The van der Waals surface area contributed by atoms with Gasteiger partial charge in [-0.3, -0.25) is 4.79 Å². The molecule has 1 saturated heterocycles. The zero-order valence-electron chi connectivity index (χ0n) is 16.0. The third-order valence-electron chi connectivity index (χ3n) is 4.25. The van der Waals surface area contributed by atoms with Crippen molar-refractivity contribution in [1.29, 1.82) is 0 Å². The summed E-state index contributed by atoms with van der Waals surface area (Å²) in [5.74, 6) is 0.355. The Morgan fingerprint density at radius 1 is 1.21 bits per heavy atom. The predicted octanol–water partition coefficient (Wildman–Crippen LogP) is 4.19. The Balaban J connectivity index is 0.000000561. The number of nitrogens with one attached hydrogen (secondary N) is 1. The Bertz CT molecular complexity index is 349. The molecule has 0 spiro atoms. The maximum atomic E-state index is 12.2. The second-order valence-corrected chi connectivity index (χ2v) is 6.60. The number of carbonyl (C=O) groups excluding carboxylic acids is 1. The zero-order valence-corrected chi connectivity index (χ0v) is 16.0. The van der Waals surface area contributed by atoms with Crippen molar-refractivity contribution in [3.05, 3.63) is 25.1 Å². The molecule has 1 aliphatic heterocycles. The van der Waals surface area contributed by atoms with E-state index in [4.69, 9.17) is 5.73 Å². The molecule has 4 nitrogen and oxygen atoms in total. The smallest absolute Gasteiger partial charge is 0.226 e. The highest BCUT2D eigenvalue weighted by Crippen LogP contribution is 2.21. The standard InChI is InChI=1S/C13H24N2O.C7H15N/c1-3-4-7-12(10-11(2)14)13(16)15-8-5-6-9-15;1-3-5-6-7-8-4-2/h12H,2-10,14H2,1H3;4,8H,2-3,5-7H2,1H3. The fourth-order valence-corrected chi connectivity index (χ4v) is 2.85. The van der Waals surface area contributed by atoms with E-state index in [9.17, 15) is 4.79 Å². The lowest BCUT2D eigenvalue weighted by atomic mass is 9.95. The second-order valence-electron chi connectivity index (χ2n) is 6.60. The summed E-state index contributed by atoms with van der Waals surface area (Å²) >= 11 is 0. The molecule has 4 heteroatoms. The van der Waals surface area contributed by atoms with Crippen LogP contribution in [0, 0.1) is 5.92 Å². The molecular weight excluding hydrogens is 298 g/mol. The molecule has 0 bridgehead atoms. The third kappa shape index (κ3) is 11.1. The van der Waals surface area contributed by atoms with Crippen LogP contribution in [0.15, 0.2) is 25.1 Å². The number of unbranched alkanes of at least 4 members (excludes halogenated alkanes) is 3. The lowest BCUT2D eigenvalue weighted by Crippen LogP contribution is -2.34. The minimum absolute atomic E-state index is 0.0653. The molecule has 0 saturated carbocycles. The SMILES string of the molecule is C=C(N)CC(CCCC)C(=O)N1CCCC1.C=CNCCCCC. The summed E-state index contributed by atoms with van der Waals surface area (Å²) < 4.78 is 0. The topological polar surface area (TPSA) is 58.4 Å². The number of nitrogens with two attached hydrogens (primary N) is 1. The van der Waals surface area contributed by atoms with E-state index in [1.54, 1.807) is 6.20 Å². The summed E-state index contributed by atoms with van der Waals surface area (Å²) in [5, 5.41) is 3.05. The van der Waals surface area contributed by atoms with Crippen molar-refractivity contribution < 1.29 is 4.79 Å². The van der Waals surface area contributed by atoms with Gasteiger partial charge in [0.15, 0.2) is 0 Å². The van der Waals surface area contributed by atoms with Gasteiger partial charge in [0.05, 0.1) is 0 Å². The van der Waals surface area contributed by atoms with Gasteiger partial charge >= 0.3 is 0 Å². The average molecular weight is 338 g/mol. The summed E-state index contributed by atoms with van der Waals surface area (Å²) in [4.78, 5) is 14.2. The normalized spacial score (nSPS) is 14.5. The maximum Gasteiger partial charge on any atom is 0.226 e. The van der Waals surface area contributed by atoms with Crippen LogP contribution in [-0.2, 0) is 4.79 Å². The van der Waals surface area contributed by atoms with Gasteiger partial charge in [0, 0.05) is 31.2 Å². The molecule has 1 rings (SSSR count). The van der Waals surface area contributed by atoms with Gasteiger partial charge in [-0.1, -0.05) is 52.7 Å². The molecule has 140 valence electrons. The van der Waals surface area contributed by atoms with Crippen LogP contribution in [0.2, 0.25) is 0 Å². The molecule has 1 atom stereocenters. The lowest BCUT2D eigenvalue weighted by molar-refractivity contribution is -0.134. The molecule has 24 heavy (non-hydrogen) atoms. The van der Waals surface area contributed by atoms with E-state index in [1.807, 2.05) is 4.90 Å². The molecular formula is C20H39N3O. The van der Waals surface area contributed by atoms with E-state index in [1.165, 1.54) is 19.3 Å². The van der Waals surface area contributed by atoms with Gasteiger partial charge in [0.1, 0.15) is 0 Å². The van der Waals surface area contributed by atoms with Gasteiger partial charge < -0.3 is 16.0 Å². The molecule has 3 N–H and O–H groups in total. The highest BCUT2D eigenvalue weighted by atomic mass is 16.2. The van der Waals surface area contributed by atoms with Crippen LogP contribution in [0.25, 0.3) is 0 Å². The van der Waals surface area contributed by atoms with Gasteiger partial charge in [-0.05, 0) is 38.3 Å². The quantitative estimate of drug-likeness (QED) is 0.556. The third-order valence-corrected chi connectivity index (χ3v) is 4.25. The van der Waals surface area contributed by atoms with Gasteiger partial charge in [0.2, 0.25) is 5.91 Å². The first-order valence-electron chi connectivity index (χ1n) is 9.63. The van der Waals surface area contributed by atoms with Gasteiger partial charge in [-0.2, -0.15) is 0 Å². The van der Waals surface area contributed by atoms with Crippen molar-refractivity contribution >= 4 is 5.91 Å². The number of rotatable bonds is 11. The second kappa shape index (κ2) is 15.1. The Hall–Kier alpha value is -1.45. The fraction of sp³-hybridized carbons (Fsp3) is 0.750. The van der Waals surface area contributed by atoms with Crippen molar-refractivity contribution in [3.8, 4) is 0 Å². The minimum Gasteiger partial charge on any atom is -0.402 e. The van der Waals surface area contributed by atoms with Crippen LogP contribution >= 0.6 is 0 Å². The van der Waals surface area contributed by atoms with Crippen molar-refractivity contribution in [2.45, 2.75) is 71.6 Å². The summed E-state index contributed by atoms with van der Waals surface area (Å²) in [7, 11) is 0. The zero-order chi connectivity index (χ0) is 18.2. The van der Waals surface area contributed by atoms with Crippen LogP contribution in [0.4, 0.5) is 0 Å². The van der Waals surface area contributed by atoms with Gasteiger partial charge in [-0.15, -0.1) is 0 Å². The number of likely N-dealkylation sites (tertiary alicyclic amines) is 1. The number of hydrogen-bond donors (Lipinski definition) is 2. The Morgan fingerprint density at radius 3 is 2.33 bits per heavy atom. The molecule has 0 aromatic heterocycles. The molecule has 0 aromatic carbocycles. The van der Waals surface area contributed by atoms with E-state index in [0.717, 1.165) is 51.7 Å². The first-order chi connectivity index (χ1) is 11.6. The molecule has 1 heterocycles. The monoisotopic (exact) mass is 337 g/mol. The van der Waals surface area contributed by atoms with E-state index >= 15 is 0 Å². The molecule has 1 fully saturated rings. The van der Waals surface area contributed by atoms with E-state index in [2.05, 4.69) is 32.3 Å². The van der Waals surface area contributed by atoms with Crippen LogP contribution in [0.3, 0.4) is 0 Å². The molecule has 1 aliphatic rings. The molecule has 1 amide bonds. The molecule has 1 unspecified atom stereocenters. The first-order valence-corrected chi connectivity index (χ1v) is 9.63. The minimum atomic E-state index is 0.0653. The molecule has 0 aliphatic carbocycles. The lowest BCUT2D eigenvalue weighted by Gasteiger charge is -2.23. The van der Waals surface area contributed by atoms with Crippen LogP contribution in [-0.4, -0.2) is 30.4 Å². The van der Waals surface area contributed by atoms with Crippen molar-refractivity contribution in [2.24, 2.45) is 11.7 Å². The number of amides is 1. The Labute approximate surface area is 149 Å². The predicted molar refractivity (Wildman–Crippen MR) is 104 cm³/mol. The maximum absolute atomic E-state index is 12.2. The van der Waals surface area contributed by atoms with Crippen LogP contribution in [0.1, 0.15) is 71.6 Å². The summed E-state index contributed by atoms with van der Waals surface area (Å²) in [6.45, 7) is 14.6. The number of hydrogen-bond acceptors (Lipinski definition) is 3. The molecule has 0 aromatic rings. The number of allylic oxidation sites excluding steroid dienone is 1. The largest absolute Gasteiger partial charge is 0.402 e. The fourth-order valence-electron chi connectivity index (χ4n) is 2.85. The van der Waals surface area contributed by atoms with Crippen LogP contribution in [0.5, 0.6) is 0 Å². The Kier molecular flexibility index (Phi) is 14.2. The summed E-state index contributed by atoms with van der Waals surface area (Å²) in [5.41, 5.74) is 6.27. The van der Waals surface area contributed by atoms with Crippen LogP contribution < -0.4 is 11.1 Å². The first kappa shape index (κ1) is 22.6. The van der Waals surface area contributed by atoms with Crippen molar-refractivity contribution in [2.75, 3.05) is 19.6 Å². The molecule has 0 radical (unpaired) electrons. The van der Waals surface area contributed by atoms with Crippen molar-refractivity contribution in [1.82, 2.24) is 10.2 Å². The Morgan fingerprint density at radius 2 is 1.83 bits per heavy atom. The van der Waals surface area contributed by atoms with Gasteiger partial charge in [-0.25, -0.2) is 0 Å². The number of carbonyl (C=O) groups is 1. The highest BCUT2D eigenvalue weighted by molar-refractivity contribution is 5.79. The van der Waals surface area contributed by atoms with Gasteiger partial charge in [0.25, 0.3) is 0 Å². The van der Waals surface area contributed by atoms with Crippen molar-refractivity contribution in [3.63, 3.8) is 0 Å². The van der Waals surface area contributed by atoms with E-state index < -0.39 is 0 Å². The van der Waals surface area contributed by atoms with E-state index in [-0.39, 0.29) is 11.8 Å². The summed E-state index contributed by atoms with van der Waals surface area (Å²) in [6.07, 6.45) is 11.7.